The molecular formula is C54H36N2. The van der Waals surface area contributed by atoms with Gasteiger partial charge in [-0.25, -0.2) is 0 Å². The molecule has 0 N–H and O–H groups in total. The lowest BCUT2D eigenvalue weighted by Gasteiger charge is -2.26. The van der Waals surface area contributed by atoms with Gasteiger partial charge in [0, 0.05) is 33.5 Å². The maximum atomic E-state index is 2.45. The molecule has 0 aliphatic heterocycles. The number of nitrogens with zero attached hydrogens (tertiary/aromatic N) is 2. The molecule has 0 radical (unpaired) electrons. The summed E-state index contributed by atoms with van der Waals surface area (Å²) in [5.41, 5.74) is 11.5. The highest BCUT2D eigenvalue weighted by Gasteiger charge is 2.19. The summed E-state index contributed by atoms with van der Waals surface area (Å²) in [6.45, 7) is 0. The fourth-order valence-corrected chi connectivity index (χ4v) is 8.77. The van der Waals surface area contributed by atoms with E-state index in [9.17, 15) is 0 Å². The van der Waals surface area contributed by atoms with Crippen molar-refractivity contribution in [2.45, 2.75) is 0 Å². The monoisotopic (exact) mass is 712 g/mol. The van der Waals surface area contributed by atoms with Crippen molar-refractivity contribution in [3.8, 4) is 27.9 Å². The summed E-state index contributed by atoms with van der Waals surface area (Å²) in [5.74, 6) is 0. The van der Waals surface area contributed by atoms with Crippen LogP contribution in [0, 0.1) is 0 Å². The van der Waals surface area contributed by atoms with Gasteiger partial charge in [-0.15, -0.1) is 0 Å². The molecule has 2 heteroatoms. The predicted molar refractivity (Wildman–Crippen MR) is 239 cm³/mol. The Kier molecular flexibility index (Phi) is 7.53. The minimum atomic E-state index is 1.10. The number of hydrogen-bond acceptors (Lipinski definition) is 1. The van der Waals surface area contributed by atoms with Gasteiger partial charge in [-0.05, 0) is 115 Å². The van der Waals surface area contributed by atoms with Crippen LogP contribution in [0.25, 0.3) is 82.1 Å². The van der Waals surface area contributed by atoms with Crippen molar-refractivity contribution in [2.75, 3.05) is 4.90 Å². The Bertz CT molecular complexity index is 3140. The molecule has 11 aromatic rings. The molecule has 11 rings (SSSR count). The fraction of sp³-hybridized carbons (Fsp3) is 0. The lowest BCUT2D eigenvalue weighted by atomic mass is 9.94. The van der Waals surface area contributed by atoms with Crippen LogP contribution in [0.1, 0.15) is 0 Å². The van der Waals surface area contributed by atoms with E-state index in [2.05, 4.69) is 228 Å². The Morgan fingerprint density at radius 3 is 1.27 bits per heavy atom. The zero-order valence-electron chi connectivity index (χ0n) is 30.7. The fourth-order valence-electron chi connectivity index (χ4n) is 8.77. The van der Waals surface area contributed by atoms with E-state index in [1.54, 1.807) is 0 Å². The smallest absolute Gasteiger partial charge is 0.0561 e. The molecule has 0 saturated carbocycles. The summed E-state index contributed by atoms with van der Waals surface area (Å²) in [6, 6.07) is 79.5. The molecule has 0 spiro atoms. The zero-order chi connectivity index (χ0) is 37.0. The van der Waals surface area contributed by atoms with Crippen LogP contribution in [0.5, 0.6) is 0 Å². The van der Waals surface area contributed by atoms with Crippen molar-refractivity contribution in [3.63, 3.8) is 0 Å². The minimum absolute atomic E-state index is 1.10. The third kappa shape index (κ3) is 5.26. The number of hydrogen-bond donors (Lipinski definition) is 0. The maximum absolute atomic E-state index is 2.45. The molecule has 0 atom stereocenters. The predicted octanol–water partition coefficient (Wildman–Crippen LogP) is 15.0. The maximum Gasteiger partial charge on any atom is 0.0561 e. The van der Waals surface area contributed by atoms with Crippen LogP contribution in [-0.4, -0.2) is 4.57 Å². The number of anilines is 3. The normalized spacial score (nSPS) is 11.6. The Labute approximate surface area is 325 Å². The van der Waals surface area contributed by atoms with Crippen LogP contribution in [0.3, 0.4) is 0 Å². The standard InChI is InChI=1S/C54H36N2/c1-4-16-37(17-5-1)39-32-40(38-18-6-2-7-19-38)34-44(33-39)56-53-27-15-14-26-50(53)51-31-29-43(36-54(51)56)55(41-20-8-3-9-21-41)42-28-30-49-47-24-11-10-22-45(47)46-23-12-13-25-48(46)52(49)35-42/h1-36H. The Morgan fingerprint density at radius 2 is 0.679 bits per heavy atom. The van der Waals surface area contributed by atoms with Gasteiger partial charge in [-0.1, -0.05) is 158 Å². The molecule has 10 aromatic carbocycles. The summed E-state index contributed by atoms with van der Waals surface area (Å²) in [6.07, 6.45) is 0. The van der Waals surface area contributed by atoms with Gasteiger partial charge in [0.15, 0.2) is 0 Å². The number of para-hydroxylation sites is 2. The summed E-state index contributed by atoms with van der Waals surface area (Å²) in [7, 11) is 0. The van der Waals surface area contributed by atoms with E-state index in [1.165, 1.54) is 70.9 Å². The molecule has 0 fully saturated rings. The van der Waals surface area contributed by atoms with Crippen molar-refractivity contribution in [1.29, 1.82) is 0 Å². The molecule has 56 heavy (non-hydrogen) atoms. The van der Waals surface area contributed by atoms with E-state index in [4.69, 9.17) is 0 Å². The summed E-state index contributed by atoms with van der Waals surface area (Å²) < 4.78 is 2.45. The number of aromatic nitrogens is 1. The first-order chi connectivity index (χ1) is 27.8. The van der Waals surface area contributed by atoms with Gasteiger partial charge in [-0.3, -0.25) is 0 Å². The van der Waals surface area contributed by atoms with E-state index < -0.39 is 0 Å². The van der Waals surface area contributed by atoms with Crippen molar-refractivity contribution in [3.05, 3.63) is 218 Å². The lowest BCUT2D eigenvalue weighted by Crippen LogP contribution is -2.10. The first kappa shape index (κ1) is 32.0. The third-order valence-electron chi connectivity index (χ3n) is 11.3. The second-order valence-electron chi connectivity index (χ2n) is 14.5. The molecule has 0 amide bonds. The Balaban J connectivity index is 1.17. The molecule has 0 bridgehead atoms. The number of fused-ring (bicyclic) bond motifs is 9. The van der Waals surface area contributed by atoms with Crippen LogP contribution in [0.15, 0.2) is 218 Å². The quantitative estimate of drug-likeness (QED) is 0.156. The highest BCUT2D eigenvalue weighted by molar-refractivity contribution is 6.26. The summed E-state index contributed by atoms with van der Waals surface area (Å²) in [4.78, 5) is 2.40. The SMILES string of the molecule is c1ccc(-c2cc(-c3ccccc3)cc(-n3c4ccccc4c4ccc(N(c5ccccc5)c5ccc6c7ccccc7c7ccccc7c6c5)cc43)c2)cc1. The minimum Gasteiger partial charge on any atom is -0.310 e. The van der Waals surface area contributed by atoms with E-state index >= 15 is 0 Å². The van der Waals surface area contributed by atoms with Gasteiger partial charge in [0.1, 0.15) is 0 Å². The van der Waals surface area contributed by atoms with Gasteiger partial charge in [0.25, 0.3) is 0 Å². The molecule has 0 aliphatic carbocycles. The van der Waals surface area contributed by atoms with Crippen molar-refractivity contribution in [2.24, 2.45) is 0 Å². The van der Waals surface area contributed by atoms with Crippen LogP contribution in [0.4, 0.5) is 17.1 Å². The number of benzene rings is 10. The largest absolute Gasteiger partial charge is 0.310 e. The summed E-state index contributed by atoms with van der Waals surface area (Å²) >= 11 is 0. The van der Waals surface area contributed by atoms with Crippen LogP contribution < -0.4 is 4.90 Å². The van der Waals surface area contributed by atoms with Crippen molar-refractivity contribution < 1.29 is 0 Å². The molecular weight excluding hydrogens is 677 g/mol. The molecule has 1 heterocycles. The average molecular weight is 713 g/mol. The van der Waals surface area contributed by atoms with Crippen LogP contribution in [-0.2, 0) is 0 Å². The second kappa shape index (κ2) is 13.2. The van der Waals surface area contributed by atoms with Gasteiger partial charge in [0.2, 0.25) is 0 Å². The lowest BCUT2D eigenvalue weighted by molar-refractivity contribution is 1.18. The van der Waals surface area contributed by atoms with Crippen molar-refractivity contribution >= 4 is 71.2 Å². The molecule has 1 aromatic heterocycles. The highest BCUT2D eigenvalue weighted by atomic mass is 15.1. The Hall–Kier alpha value is -7.42. The van der Waals surface area contributed by atoms with Crippen LogP contribution >= 0.6 is 0 Å². The third-order valence-corrected chi connectivity index (χ3v) is 11.3. The van der Waals surface area contributed by atoms with Gasteiger partial charge in [0.05, 0.1) is 11.0 Å². The van der Waals surface area contributed by atoms with E-state index in [-0.39, 0.29) is 0 Å². The van der Waals surface area contributed by atoms with Gasteiger partial charge in [-0.2, -0.15) is 0 Å². The van der Waals surface area contributed by atoms with E-state index in [0.29, 0.717) is 0 Å². The first-order valence-corrected chi connectivity index (χ1v) is 19.3. The van der Waals surface area contributed by atoms with E-state index in [0.717, 1.165) is 28.3 Å². The highest BCUT2D eigenvalue weighted by Crippen LogP contribution is 2.43. The topological polar surface area (TPSA) is 8.17 Å². The van der Waals surface area contributed by atoms with Gasteiger partial charge >= 0.3 is 0 Å². The van der Waals surface area contributed by atoms with E-state index in [1.807, 2.05) is 0 Å². The Morgan fingerprint density at radius 1 is 0.250 bits per heavy atom. The number of rotatable bonds is 6. The molecule has 262 valence electrons. The first-order valence-electron chi connectivity index (χ1n) is 19.3. The van der Waals surface area contributed by atoms with Crippen LogP contribution in [0.2, 0.25) is 0 Å². The molecule has 0 aliphatic rings. The molecule has 2 nitrogen and oxygen atoms in total. The second-order valence-corrected chi connectivity index (χ2v) is 14.5. The van der Waals surface area contributed by atoms with Gasteiger partial charge < -0.3 is 9.47 Å². The summed E-state index contributed by atoms with van der Waals surface area (Å²) in [5, 5.41) is 10.1. The molecule has 0 saturated heterocycles. The molecule has 0 unspecified atom stereocenters. The average Bonchev–Trinajstić information content (AvgIpc) is 3.61. The zero-order valence-corrected chi connectivity index (χ0v) is 30.7. The van der Waals surface area contributed by atoms with Crippen molar-refractivity contribution in [1.82, 2.24) is 4.57 Å².